The van der Waals surface area contributed by atoms with Gasteiger partial charge in [-0.25, -0.2) is 4.79 Å². The Morgan fingerprint density at radius 3 is 2.24 bits per heavy atom. The van der Waals surface area contributed by atoms with E-state index in [1.807, 2.05) is 0 Å². The summed E-state index contributed by atoms with van der Waals surface area (Å²) >= 11 is 5.74. The summed E-state index contributed by atoms with van der Waals surface area (Å²) < 4.78 is 76.6. The zero-order valence-corrected chi connectivity index (χ0v) is 15.3. The molecule has 0 saturated carbocycles. The number of carbonyl (C=O) groups excluding carboxylic acids is 1. The van der Waals surface area contributed by atoms with Gasteiger partial charge in [-0.1, -0.05) is 29.8 Å². The van der Waals surface area contributed by atoms with Gasteiger partial charge in [0.15, 0.2) is 6.10 Å². The fourth-order valence-corrected chi connectivity index (χ4v) is 2.44. The van der Waals surface area contributed by atoms with Gasteiger partial charge in [-0.05, 0) is 35.9 Å². The molecule has 11 heteroatoms. The maximum Gasteiger partial charge on any atom is 0.416 e. The minimum absolute atomic E-state index is 0.257. The molecule has 2 N–H and O–H groups in total. The summed E-state index contributed by atoms with van der Waals surface area (Å²) in [7, 11) is 0. The van der Waals surface area contributed by atoms with Crippen LogP contribution in [0.1, 0.15) is 11.1 Å². The number of halogens is 7. The maximum absolute atomic E-state index is 12.8. The van der Waals surface area contributed by atoms with Crippen LogP contribution in [-0.4, -0.2) is 34.9 Å². The van der Waals surface area contributed by atoms with Crippen LogP contribution in [0.3, 0.4) is 0 Å². The number of nitrogens with zero attached hydrogens (tertiary/aromatic N) is 1. The molecule has 0 unspecified atom stereocenters. The molecule has 0 aromatic heterocycles. The maximum atomic E-state index is 12.8. The van der Waals surface area contributed by atoms with Gasteiger partial charge in [-0.15, -0.1) is 0 Å². The number of rotatable bonds is 5. The fourth-order valence-electron chi connectivity index (χ4n) is 2.32. The van der Waals surface area contributed by atoms with Crippen molar-refractivity contribution in [2.45, 2.75) is 25.0 Å². The van der Waals surface area contributed by atoms with Crippen molar-refractivity contribution in [3.63, 3.8) is 0 Å². The van der Waals surface area contributed by atoms with Crippen molar-refractivity contribution in [1.82, 2.24) is 4.90 Å². The molecule has 4 nitrogen and oxygen atoms in total. The summed E-state index contributed by atoms with van der Waals surface area (Å²) in [5.41, 5.74) is -0.884. The second-order valence-electron chi connectivity index (χ2n) is 6.07. The predicted octanol–water partition coefficient (Wildman–Crippen LogP) is 5.32. The third-order valence-electron chi connectivity index (χ3n) is 3.79. The number of hydrogen-bond acceptors (Lipinski definition) is 2. The fraction of sp³-hybridized carbons (Fsp3) is 0.278. The molecule has 0 radical (unpaired) electrons. The second-order valence-corrected chi connectivity index (χ2v) is 6.51. The normalized spacial score (nSPS) is 13.1. The van der Waals surface area contributed by atoms with Crippen LogP contribution in [0.2, 0.25) is 5.02 Å². The lowest BCUT2D eigenvalue weighted by molar-refractivity contribution is -0.206. The molecule has 0 aliphatic heterocycles. The lowest BCUT2D eigenvalue weighted by Gasteiger charge is -2.27. The molecule has 158 valence electrons. The monoisotopic (exact) mass is 440 g/mol. The third kappa shape index (κ3) is 6.82. The number of amides is 2. The summed E-state index contributed by atoms with van der Waals surface area (Å²) in [6.07, 6.45) is -12.5. The molecule has 0 fully saturated rings. The van der Waals surface area contributed by atoms with E-state index < -0.39 is 36.6 Å². The van der Waals surface area contributed by atoms with E-state index in [0.29, 0.717) is 21.6 Å². The molecule has 2 amide bonds. The average molecular weight is 441 g/mol. The van der Waals surface area contributed by atoms with E-state index in [1.54, 1.807) is 0 Å². The number of benzene rings is 2. The Kier molecular flexibility index (Phi) is 7.02. The topological polar surface area (TPSA) is 52.6 Å². The van der Waals surface area contributed by atoms with Gasteiger partial charge in [-0.2, -0.15) is 26.3 Å². The Balaban J connectivity index is 2.22. The number of aliphatic hydroxyl groups is 1. The largest absolute Gasteiger partial charge is 0.416 e. The van der Waals surface area contributed by atoms with Gasteiger partial charge < -0.3 is 15.3 Å². The molecule has 29 heavy (non-hydrogen) atoms. The molecule has 0 saturated heterocycles. The number of nitrogens with one attached hydrogen (secondary N) is 1. The first-order valence-corrected chi connectivity index (χ1v) is 8.46. The Morgan fingerprint density at radius 2 is 1.69 bits per heavy atom. The van der Waals surface area contributed by atoms with Crippen molar-refractivity contribution >= 4 is 23.3 Å². The van der Waals surface area contributed by atoms with Crippen LogP contribution in [0.4, 0.5) is 36.8 Å². The van der Waals surface area contributed by atoms with Crippen molar-refractivity contribution in [3.8, 4) is 0 Å². The van der Waals surface area contributed by atoms with Crippen LogP contribution in [0.5, 0.6) is 0 Å². The van der Waals surface area contributed by atoms with Gasteiger partial charge in [0.1, 0.15) is 0 Å². The van der Waals surface area contributed by atoms with Crippen molar-refractivity contribution in [2.24, 2.45) is 0 Å². The van der Waals surface area contributed by atoms with Crippen molar-refractivity contribution in [3.05, 3.63) is 64.7 Å². The summed E-state index contributed by atoms with van der Waals surface area (Å²) in [5, 5.41) is 11.8. The van der Waals surface area contributed by atoms with Crippen molar-refractivity contribution < 1.29 is 36.2 Å². The van der Waals surface area contributed by atoms with Gasteiger partial charge in [0.25, 0.3) is 0 Å². The molecule has 0 heterocycles. The Labute approximate surface area is 166 Å². The van der Waals surface area contributed by atoms with E-state index in [9.17, 15) is 36.2 Å². The number of hydrogen-bond donors (Lipinski definition) is 2. The quantitative estimate of drug-likeness (QED) is 0.619. The van der Waals surface area contributed by atoms with Gasteiger partial charge in [0.05, 0.1) is 12.1 Å². The van der Waals surface area contributed by atoms with E-state index in [1.165, 1.54) is 24.3 Å². The standard InChI is InChI=1S/C18H15ClF6N2O2/c19-13-6-4-11(5-7-13)9-27(10-15(28)18(23,24)25)16(29)26-14-3-1-2-12(8-14)17(20,21)22/h1-8,15,28H,9-10H2,(H,26,29)/t15-/m0/s1. The molecule has 0 bridgehead atoms. The molecule has 0 aliphatic rings. The Bertz CT molecular complexity index is 839. The predicted molar refractivity (Wildman–Crippen MR) is 94.4 cm³/mol. The zero-order valence-electron chi connectivity index (χ0n) is 14.6. The number of alkyl halides is 6. The summed E-state index contributed by atoms with van der Waals surface area (Å²) in [4.78, 5) is 13.1. The molecule has 0 spiro atoms. The zero-order chi connectivity index (χ0) is 21.8. The SMILES string of the molecule is O=C(Nc1cccc(C(F)(F)F)c1)N(Cc1ccc(Cl)cc1)C[C@H](O)C(F)(F)F. The summed E-state index contributed by atoms with van der Waals surface area (Å²) in [6.45, 7) is -1.45. The highest BCUT2D eigenvalue weighted by Crippen LogP contribution is 2.31. The highest BCUT2D eigenvalue weighted by atomic mass is 35.5. The number of carbonyl (C=O) groups is 1. The van der Waals surface area contributed by atoms with Crippen LogP contribution in [-0.2, 0) is 12.7 Å². The third-order valence-corrected chi connectivity index (χ3v) is 4.04. The summed E-state index contributed by atoms with van der Waals surface area (Å²) in [5.74, 6) is 0. The number of urea groups is 1. The molecule has 1 atom stereocenters. The van der Waals surface area contributed by atoms with Gasteiger partial charge in [-0.3, -0.25) is 0 Å². The molecule has 2 aromatic rings. The minimum Gasteiger partial charge on any atom is -0.382 e. The van der Waals surface area contributed by atoms with Gasteiger partial charge in [0.2, 0.25) is 0 Å². The first-order valence-electron chi connectivity index (χ1n) is 8.08. The molecule has 2 aromatic carbocycles. The van der Waals surface area contributed by atoms with E-state index in [-0.39, 0.29) is 12.2 Å². The van der Waals surface area contributed by atoms with Crippen LogP contribution < -0.4 is 5.32 Å². The lowest BCUT2D eigenvalue weighted by atomic mass is 10.2. The smallest absolute Gasteiger partial charge is 0.382 e. The van der Waals surface area contributed by atoms with Crippen LogP contribution in [0.15, 0.2) is 48.5 Å². The number of anilines is 1. The molecule has 0 aliphatic carbocycles. The van der Waals surface area contributed by atoms with E-state index in [4.69, 9.17) is 11.6 Å². The number of aliphatic hydroxyl groups excluding tert-OH is 1. The minimum atomic E-state index is -4.98. The van der Waals surface area contributed by atoms with Crippen molar-refractivity contribution in [2.75, 3.05) is 11.9 Å². The second kappa shape index (κ2) is 8.91. The molecular formula is C18H15ClF6N2O2. The first kappa shape index (κ1) is 22.8. The van der Waals surface area contributed by atoms with Crippen LogP contribution >= 0.6 is 11.6 Å². The van der Waals surface area contributed by atoms with E-state index in [0.717, 1.165) is 18.2 Å². The average Bonchev–Trinajstić information content (AvgIpc) is 2.61. The van der Waals surface area contributed by atoms with E-state index >= 15 is 0 Å². The van der Waals surface area contributed by atoms with Gasteiger partial charge >= 0.3 is 18.4 Å². The lowest BCUT2D eigenvalue weighted by Crippen LogP contribution is -2.45. The first-order chi connectivity index (χ1) is 13.4. The highest BCUT2D eigenvalue weighted by molar-refractivity contribution is 6.30. The Hall–Kier alpha value is -2.46. The van der Waals surface area contributed by atoms with Crippen LogP contribution in [0, 0.1) is 0 Å². The highest BCUT2D eigenvalue weighted by Gasteiger charge is 2.40. The van der Waals surface area contributed by atoms with Crippen LogP contribution in [0.25, 0.3) is 0 Å². The van der Waals surface area contributed by atoms with E-state index in [2.05, 4.69) is 5.32 Å². The van der Waals surface area contributed by atoms with Crippen molar-refractivity contribution in [1.29, 1.82) is 0 Å². The summed E-state index contributed by atoms with van der Waals surface area (Å²) in [6, 6.07) is 8.38. The molecule has 2 rings (SSSR count). The molecular weight excluding hydrogens is 426 g/mol. The Morgan fingerprint density at radius 1 is 1.07 bits per heavy atom. The van der Waals surface area contributed by atoms with Gasteiger partial charge in [0, 0.05) is 17.3 Å².